The van der Waals surface area contributed by atoms with Crippen LogP contribution in [0.4, 0.5) is 4.39 Å². The first kappa shape index (κ1) is 28.2. The van der Waals surface area contributed by atoms with E-state index < -0.39 is 0 Å². The highest BCUT2D eigenvalue weighted by Crippen LogP contribution is 2.15. The number of carbonyl (C=O) groups is 2. The monoisotopic (exact) mass is 505 g/mol. The van der Waals surface area contributed by atoms with Crippen molar-refractivity contribution >= 4 is 11.8 Å². The van der Waals surface area contributed by atoms with Crippen LogP contribution in [0, 0.1) is 18.7 Å². The summed E-state index contributed by atoms with van der Waals surface area (Å²) in [7, 11) is 0. The van der Waals surface area contributed by atoms with Gasteiger partial charge in [-0.2, -0.15) is 0 Å². The molecule has 3 rings (SSSR count). The van der Waals surface area contributed by atoms with Gasteiger partial charge < -0.3 is 14.4 Å². The molecule has 1 heterocycles. The van der Waals surface area contributed by atoms with Gasteiger partial charge in [-0.3, -0.25) is 9.59 Å². The van der Waals surface area contributed by atoms with Gasteiger partial charge in [0.1, 0.15) is 12.4 Å². The van der Waals surface area contributed by atoms with Crippen LogP contribution < -0.4 is 0 Å². The zero-order valence-corrected chi connectivity index (χ0v) is 22.6. The molecule has 0 aliphatic carbocycles. The summed E-state index contributed by atoms with van der Waals surface area (Å²) in [6.07, 6.45) is 4.70. The van der Waals surface area contributed by atoms with E-state index in [1.54, 1.807) is 4.90 Å². The van der Waals surface area contributed by atoms with E-state index in [-0.39, 0.29) is 24.2 Å². The Labute approximate surface area is 220 Å². The summed E-state index contributed by atoms with van der Waals surface area (Å²) in [4.78, 5) is 30.3. The summed E-state index contributed by atoms with van der Waals surface area (Å²) in [5.41, 5.74) is 3.89. The molecule has 5 nitrogen and oxygen atoms in total. The van der Waals surface area contributed by atoms with Crippen LogP contribution in [0.15, 0.2) is 66.9 Å². The van der Waals surface area contributed by atoms with E-state index in [4.69, 9.17) is 0 Å². The first-order valence-electron chi connectivity index (χ1n) is 13.3. The number of nitrogens with zero attached hydrogens (tertiary/aromatic N) is 3. The molecular weight excluding hydrogens is 465 g/mol. The normalized spacial score (nSPS) is 11.1. The van der Waals surface area contributed by atoms with E-state index in [2.05, 4.69) is 62.6 Å². The third-order valence-electron chi connectivity index (χ3n) is 6.53. The van der Waals surface area contributed by atoms with Gasteiger partial charge in [-0.1, -0.05) is 57.0 Å². The predicted octanol–water partition coefficient (Wildman–Crippen LogP) is 6.30. The van der Waals surface area contributed by atoms with Gasteiger partial charge in [0.2, 0.25) is 5.91 Å². The molecule has 3 aromatic rings. The molecular formula is C31H40FN3O2. The SMILES string of the molecule is CCCCN(Cc1cccn1Cc1cccc(C)c1)C(=O)CN(CCC(C)C)C(=O)c1ccc(F)cc1. The molecule has 0 saturated carbocycles. The number of rotatable bonds is 13. The minimum atomic E-state index is -0.388. The Morgan fingerprint density at radius 1 is 0.973 bits per heavy atom. The number of benzene rings is 2. The Balaban J connectivity index is 1.77. The van der Waals surface area contributed by atoms with E-state index in [1.807, 2.05) is 17.2 Å². The van der Waals surface area contributed by atoms with Gasteiger partial charge in [-0.15, -0.1) is 0 Å². The highest BCUT2D eigenvalue weighted by Gasteiger charge is 2.23. The first-order valence-corrected chi connectivity index (χ1v) is 13.3. The Morgan fingerprint density at radius 2 is 1.73 bits per heavy atom. The maximum Gasteiger partial charge on any atom is 0.254 e. The van der Waals surface area contributed by atoms with Crippen molar-refractivity contribution in [2.45, 2.75) is 60.0 Å². The number of aromatic nitrogens is 1. The molecule has 2 aromatic carbocycles. The zero-order chi connectivity index (χ0) is 26.8. The Kier molecular flexibility index (Phi) is 10.5. The fraction of sp³-hybridized carbons (Fsp3) is 0.419. The van der Waals surface area contributed by atoms with Crippen LogP contribution in [-0.4, -0.2) is 45.8 Å². The fourth-order valence-electron chi connectivity index (χ4n) is 4.30. The van der Waals surface area contributed by atoms with E-state index in [0.717, 1.165) is 31.5 Å². The Morgan fingerprint density at radius 3 is 2.41 bits per heavy atom. The lowest BCUT2D eigenvalue weighted by atomic mass is 10.1. The first-order chi connectivity index (χ1) is 17.8. The van der Waals surface area contributed by atoms with Crippen LogP contribution in [0.2, 0.25) is 0 Å². The number of aryl methyl sites for hydroxylation is 1. The van der Waals surface area contributed by atoms with Gasteiger partial charge in [0.15, 0.2) is 0 Å². The number of carbonyl (C=O) groups excluding carboxylic acids is 2. The average molecular weight is 506 g/mol. The van der Waals surface area contributed by atoms with Crippen LogP contribution in [0.25, 0.3) is 0 Å². The highest BCUT2D eigenvalue weighted by molar-refractivity contribution is 5.96. The van der Waals surface area contributed by atoms with E-state index in [1.165, 1.54) is 35.4 Å². The van der Waals surface area contributed by atoms with Crippen molar-refractivity contribution in [3.63, 3.8) is 0 Å². The van der Waals surface area contributed by atoms with Crippen molar-refractivity contribution in [2.24, 2.45) is 5.92 Å². The molecule has 0 atom stereocenters. The zero-order valence-electron chi connectivity index (χ0n) is 22.6. The van der Waals surface area contributed by atoms with Gasteiger partial charge in [0.05, 0.1) is 6.54 Å². The van der Waals surface area contributed by atoms with Gasteiger partial charge in [-0.05, 0) is 67.6 Å². The second-order valence-corrected chi connectivity index (χ2v) is 10.2. The molecule has 0 fully saturated rings. The second kappa shape index (κ2) is 13.8. The molecule has 0 saturated heterocycles. The molecule has 2 amide bonds. The largest absolute Gasteiger partial charge is 0.345 e. The smallest absolute Gasteiger partial charge is 0.254 e. The minimum absolute atomic E-state index is 0.00519. The molecule has 0 aliphatic rings. The molecule has 0 radical (unpaired) electrons. The number of hydrogen-bond acceptors (Lipinski definition) is 2. The van der Waals surface area contributed by atoms with Crippen molar-refractivity contribution in [1.29, 1.82) is 0 Å². The van der Waals surface area contributed by atoms with Crippen LogP contribution >= 0.6 is 0 Å². The molecule has 0 spiro atoms. The minimum Gasteiger partial charge on any atom is -0.345 e. The van der Waals surface area contributed by atoms with Gasteiger partial charge >= 0.3 is 0 Å². The van der Waals surface area contributed by atoms with Crippen molar-refractivity contribution in [2.75, 3.05) is 19.6 Å². The van der Waals surface area contributed by atoms with Crippen molar-refractivity contribution in [3.05, 3.63) is 95.1 Å². The highest BCUT2D eigenvalue weighted by atomic mass is 19.1. The molecule has 37 heavy (non-hydrogen) atoms. The molecule has 0 N–H and O–H groups in total. The van der Waals surface area contributed by atoms with Crippen molar-refractivity contribution in [3.8, 4) is 0 Å². The summed E-state index contributed by atoms with van der Waals surface area (Å²) >= 11 is 0. The number of unbranched alkanes of at least 4 members (excludes halogenated alkanes) is 1. The standard InChI is InChI=1S/C31H40FN3O2/c1-5-6-17-34(22-29-11-8-18-33(29)21-26-10-7-9-25(4)20-26)30(36)23-35(19-16-24(2)3)31(37)27-12-14-28(32)15-13-27/h7-15,18,20,24H,5-6,16-17,19,21-23H2,1-4H3. The summed E-state index contributed by atoms with van der Waals surface area (Å²) in [5, 5.41) is 0. The van der Waals surface area contributed by atoms with Crippen molar-refractivity contribution in [1.82, 2.24) is 14.4 Å². The lowest BCUT2D eigenvalue weighted by Gasteiger charge is -2.29. The Hall–Kier alpha value is -3.41. The van der Waals surface area contributed by atoms with Crippen LogP contribution in [0.5, 0.6) is 0 Å². The molecule has 0 bridgehead atoms. The third-order valence-corrected chi connectivity index (χ3v) is 6.53. The number of halogens is 1. The van der Waals surface area contributed by atoms with E-state index >= 15 is 0 Å². The lowest BCUT2D eigenvalue weighted by molar-refractivity contribution is -0.132. The maximum atomic E-state index is 13.6. The Bertz CT molecular complexity index is 1150. The summed E-state index contributed by atoms with van der Waals surface area (Å²) in [6.45, 7) is 10.7. The van der Waals surface area contributed by atoms with Gasteiger partial charge in [-0.25, -0.2) is 4.39 Å². The summed E-state index contributed by atoms with van der Waals surface area (Å²) in [6, 6.07) is 18.1. The third kappa shape index (κ3) is 8.59. The molecule has 6 heteroatoms. The van der Waals surface area contributed by atoms with E-state index in [0.29, 0.717) is 31.1 Å². The average Bonchev–Trinajstić information content (AvgIpc) is 3.30. The van der Waals surface area contributed by atoms with E-state index in [9.17, 15) is 14.0 Å². The predicted molar refractivity (Wildman–Crippen MR) is 147 cm³/mol. The molecule has 0 unspecified atom stereocenters. The molecule has 0 aliphatic heterocycles. The lowest BCUT2D eigenvalue weighted by Crippen LogP contribution is -2.44. The van der Waals surface area contributed by atoms with Gasteiger partial charge in [0.25, 0.3) is 5.91 Å². The number of amides is 2. The quantitative estimate of drug-likeness (QED) is 0.274. The van der Waals surface area contributed by atoms with Crippen LogP contribution in [0.1, 0.15) is 67.2 Å². The second-order valence-electron chi connectivity index (χ2n) is 10.2. The summed E-state index contributed by atoms with van der Waals surface area (Å²) in [5.74, 6) is -0.316. The van der Waals surface area contributed by atoms with Crippen molar-refractivity contribution < 1.29 is 14.0 Å². The van der Waals surface area contributed by atoms with Crippen LogP contribution in [0.3, 0.4) is 0 Å². The topological polar surface area (TPSA) is 45.6 Å². The van der Waals surface area contributed by atoms with Crippen LogP contribution in [-0.2, 0) is 17.9 Å². The molecule has 1 aromatic heterocycles. The van der Waals surface area contributed by atoms with Gasteiger partial charge in [0, 0.05) is 37.1 Å². The maximum absolute atomic E-state index is 13.6. The summed E-state index contributed by atoms with van der Waals surface area (Å²) < 4.78 is 15.6. The number of hydrogen-bond donors (Lipinski definition) is 0. The molecule has 198 valence electrons. The fourth-order valence-corrected chi connectivity index (χ4v) is 4.30.